The van der Waals surface area contributed by atoms with Crippen LogP contribution in [-0.4, -0.2) is 41.0 Å². The number of hydrogen-bond donors (Lipinski definition) is 3. The third-order valence-corrected chi connectivity index (χ3v) is 2.80. The lowest BCUT2D eigenvalue weighted by molar-refractivity contribution is 0.337. The summed E-state index contributed by atoms with van der Waals surface area (Å²) in [6, 6.07) is 0.702. The Kier molecular flexibility index (Phi) is 3.70. The summed E-state index contributed by atoms with van der Waals surface area (Å²) in [6.45, 7) is 1.50. The second kappa shape index (κ2) is 5.24. The number of nitrogens with two attached hydrogens (primary N) is 1. The van der Waals surface area contributed by atoms with Gasteiger partial charge in [0.05, 0.1) is 6.20 Å². The van der Waals surface area contributed by atoms with E-state index in [0.717, 1.165) is 12.7 Å². The Morgan fingerprint density at radius 1 is 1.59 bits per heavy atom. The van der Waals surface area contributed by atoms with Crippen molar-refractivity contribution in [3.05, 3.63) is 12.0 Å². The number of hydrazine groups is 1. The molecule has 7 heteroatoms. The van der Waals surface area contributed by atoms with Crippen LogP contribution in [0.25, 0.3) is 0 Å². The second-order valence-electron chi connectivity index (χ2n) is 4.17. The van der Waals surface area contributed by atoms with Crippen LogP contribution in [0.1, 0.15) is 12.8 Å². The van der Waals surface area contributed by atoms with Crippen LogP contribution >= 0.6 is 0 Å². The molecule has 0 saturated heterocycles. The first-order valence-electron chi connectivity index (χ1n) is 5.64. The Labute approximate surface area is 99.4 Å². The number of hydrogen-bond acceptors (Lipinski definition) is 6. The van der Waals surface area contributed by atoms with Crippen LogP contribution in [-0.2, 0) is 0 Å². The molecule has 1 heterocycles. The van der Waals surface area contributed by atoms with Crippen LogP contribution in [0.3, 0.4) is 0 Å². The molecule has 0 radical (unpaired) electrons. The Balaban J connectivity index is 1.84. The Morgan fingerprint density at radius 3 is 3.00 bits per heavy atom. The van der Waals surface area contributed by atoms with Crippen molar-refractivity contribution in [2.45, 2.75) is 18.9 Å². The summed E-state index contributed by atoms with van der Waals surface area (Å²) < 4.78 is 13.3. The topological polar surface area (TPSA) is 79.1 Å². The van der Waals surface area contributed by atoms with E-state index in [1.54, 1.807) is 0 Å². The molecule has 6 nitrogen and oxygen atoms in total. The van der Waals surface area contributed by atoms with Gasteiger partial charge < -0.3 is 10.2 Å². The average Bonchev–Trinajstić information content (AvgIpc) is 3.15. The van der Waals surface area contributed by atoms with Crippen molar-refractivity contribution in [2.24, 2.45) is 5.84 Å². The van der Waals surface area contributed by atoms with E-state index in [1.165, 1.54) is 12.8 Å². The number of nitrogen functional groups attached to an aromatic ring is 1. The first-order valence-corrected chi connectivity index (χ1v) is 5.64. The van der Waals surface area contributed by atoms with E-state index >= 15 is 0 Å². The van der Waals surface area contributed by atoms with E-state index in [4.69, 9.17) is 5.84 Å². The van der Waals surface area contributed by atoms with Gasteiger partial charge in [0.15, 0.2) is 11.6 Å². The highest BCUT2D eigenvalue weighted by Crippen LogP contribution is 2.24. The maximum Gasteiger partial charge on any atom is 0.239 e. The predicted molar refractivity (Wildman–Crippen MR) is 63.9 cm³/mol. The molecule has 0 bridgehead atoms. The van der Waals surface area contributed by atoms with Crippen molar-refractivity contribution in [1.29, 1.82) is 0 Å². The van der Waals surface area contributed by atoms with Gasteiger partial charge in [0.1, 0.15) is 0 Å². The zero-order chi connectivity index (χ0) is 12.3. The molecule has 0 amide bonds. The van der Waals surface area contributed by atoms with Crippen LogP contribution in [0.2, 0.25) is 0 Å². The van der Waals surface area contributed by atoms with Crippen molar-refractivity contribution < 1.29 is 4.39 Å². The van der Waals surface area contributed by atoms with Gasteiger partial charge in [0.2, 0.25) is 5.95 Å². The number of anilines is 2. The van der Waals surface area contributed by atoms with E-state index in [1.807, 2.05) is 0 Å². The van der Waals surface area contributed by atoms with E-state index in [0.29, 0.717) is 12.6 Å². The molecule has 4 N–H and O–H groups in total. The highest BCUT2D eigenvalue weighted by molar-refractivity contribution is 5.40. The van der Waals surface area contributed by atoms with E-state index in [2.05, 4.69) is 32.7 Å². The standard InChI is InChI=1S/C10H17FN6/c1-17(7-2-3-7)5-4-13-9-8(11)6-14-10(15-9)16-12/h6-7H,2-5,12H2,1H3,(H2,13,14,15,16). The molecule has 0 aliphatic heterocycles. The number of nitrogens with one attached hydrogen (secondary N) is 2. The largest absolute Gasteiger partial charge is 0.366 e. The van der Waals surface area contributed by atoms with Gasteiger partial charge >= 0.3 is 0 Å². The van der Waals surface area contributed by atoms with Crippen LogP contribution in [0.15, 0.2) is 6.20 Å². The highest BCUT2D eigenvalue weighted by atomic mass is 19.1. The normalized spacial score (nSPS) is 15.1. The van der Waals surface area contributed by atoms with E-state index < -0.39 is 5.82 Å². The van der Waals surface area contributed by atoms with Crippen molar-refractivity contribution in [3.63, 3.8) is 0 Å². The fourth-order valence-electron chi connectivity index (χ4n) is 1.61. The lowest BCUT2D eigenvalue weighted by Gasteiger charge is -2.16. The Bertz CT molecular complexity index is 381. The second-order valence-corrected chi connectivity index (χ2v) is 4.17. The van der Waals surface area contributed by atoms with Crippen molar-refractivity contribution >= 4 is 11.8 Å². The van der Waals surface area contributed by atoms with Crippen LogP contribution in [0.4, 0.5) is 16.2 Å². The minimum atomic E-state index is -0.474. The first kappa shape index (κ1) is 12.0. The van der Waals surface area contributed by atoms with Gasteiger partial charge in [0, 0.05) is 19.1 Å². The summed E-state index contributed by atoms with van der Waals surface area (Å²) in [5, 5.41) is 2.94. The third-order valence-electron chi connectivity index (χ3n) is 2.80. The maximum atomic E-state index is 13.3. The summed E-state index contributed by atoms with van der Waals surface area (Å²) in [7, 11) is 2.07. The van der Waals surface area contributed by atoms with Crippen molar-refractivity contribution in [1.82, 2.24) is 14.9 Å². The number of aromatic nitrogens is 2. The molecule has 1 fully saturated rings. The number of nitrogens with zero attached hydrogens (tertiary/aromatic N) is 3. The van der Waals surface area contributed by atoms with Crippen LogP contribution < -0.4 is 16.6 Å². The third kappa shape index (κ3) is 3.24. The smallest absolute Gasteiger partial charge is 0.239 e. The molecular weight excluding hydrogens is 223 g/mol. The molecular formula is C10H17FN6. The van der Waals surface area contributed by atoms with Crippen molar-refractivity contribution in [2.75, 3.05) is 30.9 Å². The zero-order valence-electron chi connectivity index (χ0n) is 9.78. The monoisotopic (exact) mass is 240 g/mol. The molecule has 0 spiro atoms. The van der Waals surface area contributed by atoms with Gasteiger partial charge in [0.25, 0.3) is 0 Å². The maximum absolute atomic E-state index is 13.3. The number of halogens is 1. The molecule has 2 rings (SSSR count). The summed E-state index contributed by atoms with van der Waals surface area (Å²) in [6.07, 6.45) is 3.62. The fourth-order valence-corrected chi connectivity index (χ4v) is 1.61. The van der Waals surface area contributed by atoms with Gasteiger partial charge in [-0.25, -0.2) is 15.2 Å². The molecule has 17 heavy (non-hydrogen) atoms. The quantitative estimate of drug-likeness (QED) is 0.493. The molecule has 0 atom stereocenters. The van der Waals surface area contributed by atoms with E-state index in [9.17, 15) is 4.39 Å². The van der Waals surface area contributed by atoms with E-state index in [-0.39, 0.29) is 11.8 Å². The number of rotatable bonds is 6. The molecule has 0 aromatic carbocycles. The van der Waals surface area contributed by atoms with Gasteiger partial charge in [-0.3, -0.25) is 5.43 Å². The highest BCUT2D eigenvalue weighted by Gasteiger charge is 2.25. The first-order chi connectivity index (χ1) is 8.20. The molecule has 94 valence electrons. The Hall–Kier alpha value is -1.47. The molecule has 0 unspecified atom stereocenters. The fraction of sp³-hybridized carbons (Fsp3) is 0.600. The molecule has 1 aliphatic carbocycles. The van der Waals surface area contributed by atoms with Gasteiger partial charge in [-0.2, -0.15) is 4.98 Å². The van der Waals surface area contributed by atoms with Gasteiger partial charge in [-0.15, -0.1) is 0 Å². The SMILES string of the molecule is CN(CCNc1nc(NN)ncc1F)C1CC1. The Morgan fingerprint density at radius 2 is 2.35 bits per heavy atom. The van der Waals surface area contributed by atoms with Crippen molar-refractivity contribution in [3.8, 4) is 0 Å². The summed E-state index contributed by atoms with van der Waals surface area (Å²) in [4.78, 5) is 9.82. The van der Waals surface area contributed by atoms with Crippen LogP contribution in [0, 0.1) is 5.82 Å². The summed E-state index contributed by atoms with van der Waals surface area (Å²) >= 11 is 0. The molecule has 1 aromatic rings. The minimum Gasteiger partial charge on any atom is -0.366 e. The zero-order valence-corrected chi connectivity index (χ0v) is 9.78. The lowest BCUT2D eigenvalue weighted by Crippen LogP contribution is -2.27. The van der Waals surface area contributed by atoms with Crippen LogP contribution in [0.5, 0.6) is 0 Å². The van der Waals surface area contributed by atoms with Gasteiger partial charge in [-0.05, 0) is 19.9 Å². The molecule has 1 saturated carbocycles. The molecule has 1 aromatic heterocycles. The number of likely N-dealkylation sites (N-methyl/N-ethyl adjacent to an activating group) is 1. The minimum absolute atomic E-state index is 0.178. The lowest BCUT2D eigenvalue weighted by atomic mass is 10.4. The summed E-state index contributed by atoms with van der Waals surface area (Å²) in [5.41, 5.74) is 2.28. The summed E-state index contributed by atoms with van der Waals surface area (Å²) in [5.74, 6) is 5.06. The average molecular weight is 240 g/mol. The van der Waals surface area contributed by atoms with Gasteiger partial charge in [-0.1, -0.05) is 0 Å². The molecule has 1 aliphatic rings. The predicted octanol–water partition coefficient (Wildman–Crippen LogP) is 0.407.